The molecule has 0 spiro atoms. The van der Waals surface area contributed by atoms with Gasteiger partial charge in [0.2, 0.25) is 0 Å². The first-order valence-electron chi connectivity index (χ1n) is 4.78. The van der Waals surface area contributed by atoms with Crippen LogP contribution in [0.15, 0.2) is 33.6 Å². The van der Waals surface area contributed by atoms with Crippen molar-refractivity contribution in [3.63, 3.8) is 0 Å². The Labute approximate surface area is 101 Å². The molecule has 2 aromatic heterocycles. The van der Waals surface area contributed by atoms with E-state index in [1.807, 2.05) is 6.92 Å². The lowest BCUT2D eigenvalue weighted by molar-refractivity contribution is 0.0995. The summed E-state index contributed by atoms with van der Waals surface area (Å²) in [6, 6.07) is 3.27. The second-order valence-electron chi connectivity index (χ2n) is 3.14. The van der Waals surface area contributed by atoms with E-state index in [4.69, 9.17) is 4.42 Å². The van der Waals surface area contributed by atoms with Crippen LogP contribution in [-0.2, 0) is 6.54 Å². The number of hydrogen-bond donors (Lipinski definition) is 1. The Balaban J connectivity index is 2.07. The second kappa shape index (κ2) is 4.52. The van der Waals surface area contributed by atoms with Gasteiger partial charge in [0.1, 0.15) is 0 Å². The van der Waals surface area contributed by atoms with Gasteiger partial charge in [0, 0.05) is 12.7 Å². The van der Waals surface area contributed by atoms with Crippen LogP contribution in [0.2, 0.25) is 0 Å². The van der Waals surface area contributed by atoms with E-state index in [0.29, 0.717) is 10.4 Å². The number of hydrogen-bond acceptors (Lipinski definition) is 3. The molecule has 0 fully saturated rings. The number of carbonyl (C=O) groups excluding carboxylic acids is 1. The highest BCUT2D eigenvalue weighted by Crippen LogP contribution is 2.15. The van der Waals surface area contributed by atoms with Gasteiger partial charge in [-0.15, -0.1) is 0 Å². The number of aryl methyl sites for hydroxylation is 1. The van der Waals surface area contributed by atoms with Crippen LogP contribution in [0, 0.1) is 0 Å². The van der Waals surface area contributed by atoms with E-state index in [1.165, 1.54) is 0 Å². The third kappa shape index (κ3) is 2.33. The van der Waals surface area contributed by atoms with Gasteiger partial charge >= 0.3 is 0 Å². The number of carbonyl (C=O) groups is 1. The summed E-state index contributed by atoms with van der Waals surface area (Å²) >= 11 is 3.14. The summed E-state index contributed by atoms with van der Waals surface area (Å²) in [5.74, 6) is -0.0301. The van der Waals surface area contributed by atoms with Crippen molar-refractivity contribution in [3.8, 4) is 0 Å². The molecule has 2 heterocycles. The van der Waals surface area contributed by atoms with Gasteiger partial charge in [0.25, 0.3) is 5.91 Å². The van der Waals surface area contributed by atoms with E-state index in [9.17, 15) is 4.79 Å². The van der Waals surface area contributed by atoms with Gasteiger partial charge in [-0.1, -0.05) is 0 Å². The molecule has 0 saturated carbocycles. The Bertz CT molecular complexity index is 504. The van der Waals surface area contributed by atoms with Crippen molar-refractivity contribution >= 4 is 27.5 Å². The van der Waals surface area contributed by atoms with Crippen LogP contribution in [0.1, 0.15) is 17.5 Å². The molecule has 5 nitrogen and oxygen atoms in total. The fraction of sp³-hybridized carbons (Fsp3) is 0.200. The van der Waals surface area contributed by atoms with E-state index < -0.39 is 0 Å². The SMILES string of the molecule is CCn1cc(NC(=O)c2ccc(Br)o2)cn1. The molecule has 0 bridgehead atoms. The topological polar surface area (TPSA) is 60.1 Å². The van der Waals surface area contributed by atoms with Gasteiger partial charge in [0.15, 0.2) is 10.4 Å². The minimum atomic E-state index is -0.290. The van der Waals surface area contributed by atoms with Gasteiger partial charge in [-0.2, -0.15) is 5.10 Å². The van der Waals surface area contributed by atoms with Crippen LogP contribution in [0.3, 0.4) is 0 Å². The number of anilines is 1. The molecule has 0 aliphatic rings. The first-order valence-corrected chi connectivity index (χ1v) is 5.57. The van der Waals surface area contributed by atoms with Gasteiger partial charge in [0.05, 0.1) is 11.9 Å². The first-order chi connectivity index (χ1) is 7.69. The maximum absolute atomic E-state index is 11.7. The maximum Gasteiger partial charge on any atom is 0.291 e. The number of amides is 1. The minimum Gasteiger partial charge on any atom is -0.444 e. The van der Waals surface area contributed by atoms with E-state index >= 15 is 0 Å². The third-order valence-corrected chi connectivity index (χ3v) is 2.44. The van der Waals surface area contributed by atoms with Gasteiger partial charge in [-0.05, 0) is 35.0 Å². The molecular formula is C10H10BrN3O2. The summed E-state index contributed by atoms with van der Waals surface area (Å²) in [5.41, 5.74) is 0.652. The molecule has 2 rings (SSSR count). The summed E-state index contributed by atoms with van der Waals surface area (Å²) < 4.78 is 7.39. The molecule has 6 heteroatoms. The number of furan rings is 1. The Morgan fingerprint density at radius 3 is 3.00 bits per heavy atom. The largest absolute Gasteiger partial charge is 0.444 e. The number of aromatic nitrogens is 2. The van der Waals surface area contributed by atoms with E-state index in [-0.39, 0.29) is 11.7 Å². The van der Waals surface area contributed by atoms with Crippen molar-refractivity contribution in [1.29, 1.82) is 0 Å². The standard InChI is InChI=1S/C10H10BrN3O2/c1-2-14-6-7(5-12-14)13-10(15)8-3-4-9(11)16-8/h3-6H,2H2,1H3,(H,13,15). The molecule has 0 aliphatic heterocycles. The number of nitrogens with zero attached hydrogens (tertiary/aromatic N) is 2. The van der Waals surface area contributed by atoms with Crippen LogP contribution in [-0.4, -0.2) is 15.7 Å². The third-order valence-electron chi connectivity index (χ3n) is 2.01. The van der Waals surface area contributed by atoms with E-state index in [1.54, 1.807) is 29.2 Å². The molecule has 0 atom stereocenters. The zero-order chi connectivity index (χ0) is 11.5. The molecule has 1 amide bonds. The smallest absolute Gasteiger partial charge is 0.291 e. The molecule has 2 aromatic rings. The van der Waals surface area contributed by atoms with Crippen LogP contribution < -0.4 is 5.32 Å². The average molecular weight is 284 g/mol. The Kier molecular flexibility index (Phi) is 3.09. The van der Waals surface area contributed by atoms with Crippen molar-refractivity contribution < 1.29 is 9.21 Å². The van der Waals surface area contributed by atoms with Crippen molar-refractivity contribution in [3.05, 3.63) is 35.0 Å². The number of rotatable bonds is 3. The van der Waals surface area contributed by atoms with Crippen LogP contribution >= 0.6 is 15.9 Å². The summed E-state index contributed by atoms with van der Waals surface area (Å²) in [5, 5.41) is 6.74. The lowest BCUT2D eigenvalue weighted by Gasteiger charge is -1.98. The molecule has 84 valence electrons. The minimum absolute atomic E-state index is 0.260. The van der Waals surface area contributed by atoms with Crippen molar-refractivity contribution in [2.75, 3.05) is 5.32 Å². The molecule has 0 saturated heterocycles. The lowest BCUT2D eigenvalue weighted by Crippen LogP contribution is -2.10. The summed E-state index contributed by atoms with van der Waals surface area (Å²) in [6.07, 6.45) is 3.36. The van der Waals surface area contributed by atoms with Gasteiger partial charge in [-0.3, -0.25) is 9.48 Å². The lowest BCUT2D eigenvalue weighted by atomic mass is 10.4. The maximum atomic E-state index is 11.7. The molecule has 0 aromatic carbocycles. The fourth-order valence-electron chi connectivity index (χ4n) is 1.23. The summed E-state index contributed by atoms with van der Waals surface area (Å²) in [6.45, 7) is 2.74. The number of halogens is 1. The fourth-order valence-corrected chi connectivity index (χ4v) is 1.54. The highest BCUT2D eigenvalue weighted by molar-refractivity contribution is 9.10. The Morgan fingerprint density at radius 1 is 1.62 bits per heavy atom. The quantitative estimate of drug-likeness (QED) is 0.942. The molecule has 0 aliphatic carbocycles. The van der Waals surface area contributed by atoms with Crippen LogP contribution in [0.4, 0.5) is 5.69 Å². The van der Waals surface area contributed by atoms with E-state index in [0.717, 1.165) is 6.54 Å². The predicted octanol–water partition coefficient (Wildman–Crippen LogP) is 2.51. The normalized spacial score (nSPS) is 10.4. The molecule has 1 N–H and O–H groups in total. The van der Waals surface area contributed by atoms with Crippen LogP contribution in [0.5, 0.6) is 0 Å². The summed E-state index contributed by atoms with van der Waals surface area (Å²) in [4.78, 5) is 11.7. The first kappa shape index (κ1) is 10.9. The molecular weight excluding hydrogens is 274 g/mol. The van der Waals surface area contributed by atoms with Crippen molar-refractivity contribution in [2.45, 2.75) is 13.5 Å². The molecule has 16 heavy (non-hydrogen) atoms. The highest BCUT2D eigenvalue weighted by Gasteiger charge is 2.11. The predicted molar refractivity (Wildman–Crippen MR) is 62.3 cm³/mol. The monoisotopic (exact) mass is 283 g/mol. The zero-order valence-corrected chi connectivity index (χ0v) is 10.2. The van der Waals surface area contributed by atoms with Crippen molar-refractivity contribution in [2.24, 2.45) is 0 Å². The Morgan fingerprint density at radius 2 is 2.44 bits per heavy atom. The highest BCUT2D eigenvalue weighted by atomic mass is 79.9. The van der Waals surface area contributed by atoms with Crippen molar-refractivity contribution in [1.82, 2.24) is 9.78 Å². The van der Waals surface area contributed by atoms with Crippen LogP contribution in [0.25, 0.3) is 0 Å². The van der Waals surface area contributed by atoms with Gasteiger partial charge < -0.3 is 9.73 Å². The molecule has 0 unspecified atom stereocenters. The Hall–Kier alpha value is -1.56. The van der Waals surface area contributed by atoms with Gasteiger partial charge in [-0.25, -0.2) is 0 Å². The van der Waals surface area contributed by atoms with E-state index in [2.05, 4.69) is 26.3 Å². The average Bonchev–Trinajstić information content (AvgIpc) is 2.87. The summed E-state index contributed by atoms with van der Waals surface area (Å²) in [7, 11) is 0. The zero-order valence-electron chi connectivity index (χ0n) is 8.61. The molecule has 0 radical (unpaired) electrons. The number of nitrogens with one attached hydrogen (secondary N) is 1. The second-order valence-corrected chi connectivity index (χ2v) is 3.92.